The number of nitrogens with one attached hydrogen (secondary N) is 2. The highest BCUT2D eigenvalue weighted by Gasteiger charge is 2.55. The standard InChI is InChI=1S/C19H25N3O3/c1-12(23)20-17-16(14-8-11-25-18(14)17)21-19(24)13-6-2-3-7-15(13)22-9-4-5-10-22/h2-3,6-7,14,16-18H,4-5,8-11H2,1H3,(H,20,23)(H,21,24)/t14-,16+,17-,18-/m1/s1. The summed E-state index contributed by atoms with van der Waals surface area (Å²) in [4.78, 5) is 26.7. The van der Waals surface area contributed by atoms with Crippen molar-refractivity contribution in [3.05, 3.63) is 29.8 Å². The normalized spacial score (nSPS) is 30.5. The van der Waals surface area contributed by atoms with Gasteiger partial charge in [0.25, 0.3) is 5.91 Å². The lowest BCUT2D eigenvalue weighted by atomic mass is 9.71. The molecule has 0 aromatic heterocycles. The lowest BCUT2D eigenvalue weighted by Gasteiger charge is -2.47. The van der Waals surface area contributed by atoms with Gasteiger partial charge in [-0.25, -0.2) is 0 Å². The molecule has 1 saturated carbocycles. The van der Waals surface area contributed by atoms with Crippen LogP contribution >= 0.6 is 0 Å². The summed E-state index contributed by atoms with van der Waals surface area (Å²) in [5.74, 6) is 0.142. The Morgan fingerprint density at radius 1 is 1.12 bits per heavy atom. The van der Waals surface area contributed by atoms with E-state index in [1.165, 1.54) is 19.8 Å². The lowest BCUT2D eigenvalue weighted by molar-refractivity contribution is -0.123. The molecule has 1 aliphatic carbocycles. The van der Waals surface area contributed by atoms with Gasteiger partial charge in [-0.1, -0.05) is 12.1 Å². The molecular formula is C19H25N3O3. The molecule has 2 N–H and O–H groups in total. The monoisotopic (exact) mass is 343 g/mol. The van der Waals surface area contributed by atoms with Crippen LogP contribution in [0.4, 0.5) is 5.69 Å². The quantitative estimate of drug-likeness (QED) is 0.865. The summed E-state index contributed by atoms with van der Waals surface area (Å²) in [6.45, 7) is 4.20. The van der Waals surface area contributed by atoms with Gasteiger partial charge in [-0.15, -0.1) is 0 Å². The number of nitrogens with zero attached hydrogens (tertiary/aromatic N) is 1. The van der Waals surface area contributed by atoms with Crippen molar-refractivity contribution in [2.75, 3.05) is 24.6 Å². The number of hydrogen-bond acceptors (Lipinski definition) is 4. The SMILES string of the molecule is CC(=O)N[C@@H]1[C@@H](NC(=O)c2ccccc2N2CCCC2)[C@H]2CCO[C@H]21. The van der Waals surface area contributed by atoms with Gasteiger partial charge >= 0.3 is 0 Å². The van der Waals surface area contributed by atoms with Crippen LogP contribution < -0.4 is 15.5 Å². The predicted octanol–water partition coefficient (Wildman–Crippen LogP) is 1.31. The van der Waals surface area contributed by atoms with Crippen molar-refractivity contribution in [3.8, 4) is 0 Å². The van der Waals surface area contributed by atoms with Crippen molar-refractivity contribution in [1.29, 1.82) is 0 Å². The molecule has 0 spiro atoms. The van der Waals surface area contributed by atoms with Gasteiger partial charge in [-0.2, -0.15) is 0 Å². The van der Waals surface area contributed by atoms with Crippen molar-refractivity contribution < 1.29 is 14.3 Å². The minimum Gasteiger partial charge on any atom is -0.376 e. The first-order valence-corrected chi connectivity index (χ1v) is 9.18. The average molecular weight is 343 g/mol. The van der Waals surface area contributed by atoms with Crippen LogP contribution in [0.2, 0.25) is 0 Å². The third-order valence-corrected chi connectivity index (χ3v) is 5.65. The number of hydrogen-bond donors (Lipinski definition) is 2. The number of fused-ring (bicyclic) bond motifs is 1. The van der Waals surface area contributed by atoms with E-state index in [4.69, 9.17) is 4.74 Å². The topological polar surface area (TPSA) is 70.7 Å². The lowest BCUT2D eigenvalue weighted by Crippen LogP contribution is -2.70. The van der Waals surface area contributed by atoms with E-state index in [1.807, 2.05) is 24.3 Å². The molecular weight excluding hydrogens is 318 g/mol. The fourth-order valence-electron chi connectivity index (χ4n) is 4.44. The van der Waals surface area contributed by atoms with E-state index in [2.05, 4.69) is 15.5 Å². The third-order valence-electron chi connectivity index (χ3n) is 5.65. The molecule has 1 aromatic carbocycles. The molecule has 134 valence electrons. The average Bonchev–Trinajstić information content (AvgIpc) is 3.27. The number of ether oxygens (including phenoxy) is 1. The molecule has 6 heteroatoms. The second-order valence-corrected chi connectivity index (χ2v) is 7.22. The minimum absolute atomic E-state index is 0.0306. The van der Waals surface area contributed by atoms with Crippen molar-refractivity contribution in [3.63, 3.8) is 0 Å². The molecule has 6 nitrogen and oxygen atoms in total. The first-order chi connectivity index (χ1) is 12.1. The Morgan fingerprint density at radius 3 is 2.64 bits per heavy atom. The van der Waals surface area contributed by atoms with Crippen molar-refractivity contribution in [2.24, 2.45) is 5.92 Å². The van der Waals surface area contributed by atoms with Crippen LogP contribution in [0.5, 0.6) is 0 Å². The number of rotatable bonds is 4. The van der Waals surface area contributed by atoms with Crippen LogP contribution in [0.25, 0.3) is 0 Å². The Balaban J connectivity index is 1.51. The fourth-order valence-corrected chi connectivity index (χ4v) is 4.44. The van der Waals surface area contributed by atoms with Crippen molar-refractivity contribution in [1.82, 2.24) is 10.6 Å². The van der Waals surface area contributed by atoms with Gasteiger partial charge in [0.1, 0.15) is 0 Å². The molecule has 1 aromatic rings. The maximum Gasteiger partial charge on any atom is 0.253 e. The Kier molecular flexibility index (Phi) is 4.37. The number of carbonyl (C=O) groups is 2. The number of carbonyl (C=O) groups excluding carboxylic acids is 2. The molecule has 4 atom stereocenters. The zero-order valence-electron chi connectivity index (χ0n) is 14.5. The van der Waals surface area contributed by atoms with Crippen molar-refractivity contribution >= 4 is 17.5 Å². The van der Waals surface area contributed by atoms with Gasteiger partial charge in [0.05, 0.1) is 23.8 Å². The summed E-state index contributed by atoms with van der Waals surface area (Å²) < 4.78 is 5.71. The maximum absolute atomic E-state index is 13.0. The summed E-state index contributed by atoms with van der Waals surface area (Å²) in [6.07, 6.45) is 3.30. The minimum atomic E-state index is -0.132. The number of para-hydroxylation sites is 1. The molecule has 2 heterocycles. The molecule has 4 rings (SSSR count). The Bertz CT molecular complexity index is 672. The van der Waals surface area contributed by atoms with Gasteiger partial charge in [0.15, 0.2) is 0 Å². The summed E-state index contributed by atoms with van der Waals surface area (Å²) in [5, 5.41) is 6.10. The largest absolute Gasteiger partial charge is 0.376 e. The van der Waals surface area contributed by atoms with Crippen LogP contribution in [-0.2, 0) is 9.53 Å². The third kappa shape index (κ3) is 2.99. The second kappa shape index (κ2) is 6.67. The zero-order valence-corrected chi connectivity index (χ0v) is 14.5. The molecule has 2 amide bonds. The van der Waals surface area contributed by atoms with E-state index in [0.717, 1.165) is 25.2 Å². The highest BCUT2D eigenvalue weighted by Crippen LogP contribution is 2.39. The van der Waals surface area contributed by atoms with E-state index in [0.29, 0.717) is 18.1 Å². The Hall–Kier alpha value is -2.08. The summed E-state index contributed by atoms with van der Waals surface area (Å²) in [7, 11) is 0. The van der Waals surface area contributed by atoms with Crippen molar-refractivity contribution in [2.45, 2.75) is 44.4 Å². The van der Waals surface area contributed by atoms with E-state index in [9.17, 15) is 9.59 Å². The first kappa shape index (κ1) is 16.4. The van der Waals surface area contributed by atoms with Crippen LogP contribution in [-0.4, -0.2) is 49.7 Å². The van der Waals surface area contributed by atoms with Crippen LogP contribution in [0.15, 0.2) is 24.3 Å². The molecule has 0 radical (unpaired) electrons. The van der Waals surface area contributed by atoms with Gasteiger partial charge in [-0.05, 0) is 31.4 Å². The first-order valence-electron chi connectivity index (χ1n) is 9.18. The van der Waals surface area contributed by atoms with Crippen LogP contribution in [0, 0.1) is 5.92 Å². The molecule has 2 saturated heterocycles. The van der Waals surface area contributed by atoms with E-state index < -0.39 is 0 Å². The second-order valence-electron chi connectivity index (χ2n) is 7.22. The number of amides is 2. The molecule has 0 unspecified atom stereocenters. The zero-order chi connectivity index (χ0) is 17.4. The smallest absolute Gasteiger partial charge is 0.253 e. The molecule has 2 aliphatic heterocycles. The van der Waals surface area contributed by atoms with Gasteiger partial charge in [-0.3, -0.25) is 9.59 Å². The predicted molar refractivity (Wildman–Crippen MR) is 94.6 cm³/mol. The molecule has 3 fully saturated rings. The van der Waals surface area contributed by atoms with Gasteiger partial charge in [0.2, 0.25) is 5.91 Å². The molecule has 3 aliphatic rings. The maximum atomic E-state index is 13.0. The Morgan fingerprint density at radius 2 is 1.88 bits per heavy atom. The van der Waals surface area contributed by atoms with E-state index in [-0.39, 0.29) is 30.0 Å². The Labute approximate surface area is 147 Å². The van der Waals surface area contributed by atoms with Crippen LogP contribution in [0.3, 0.4) is 0 Å². The molecule has 0 bridgehead atoms. The van der Waals surface area contributed by atoms with Gasteiger partial charge < -0.3 is 20.3 Å². The number of anilines is 1. The van der Waals surface area contributed by atoms with Crippen LogP contribution in [0.1, 0.15) is 36.5 Å². The highest BCUT2D eigenvalue weighted by atomic mass is 16.5. The summed E-state index contributed by atoms with van der Waals surface area (Å²) in [6, 6.07) is 7.60. The van der Waals surface area contributed by atoms with Gasteiger partial charge in [0, 0.05) is 38.2 Å². The summed E-state index contributed by atoms with van der Waals surface area (Å²) >= 11 is 0. The van der Waals surface area contributed by atoms with E-state index >= 15 is 0 Å². The highest BCUT2D eigenvalue weighted by molar-refractivity contribution is 6.00. The fraction of sp³-hybridized carbons (Fsp3) is 0.579. The summed E-state index contributed by atoms with van der Waals surface area (Å²) in [5.41, 5.74) is 1.72. The van der Waals surface area contributed by atoms with E-state index in [1.54, 1.807) is 0 Å². The molecule has 25 heavy (non-hydrogen) atoms. The number of benzene rings is 1.